The van der Waals surface area contributed by atoms with Gasteiger partial charge in [-0.15, -0.1) is 0 Å². The first-order valence-electron chi connectivity index (χ1n) is 23.5. The van der Waals surface area contributed by atoms with Gasteiger partial charge in [0.2, 0.25) is 0 Å². The summed E-state index contributed by atoms with van der Waals surface area (Å²) >= 11 is 0. The topological polar surface area (TPSA) is 86.6 Å². The number of para-hydroxylation sites is 8. The Morgan fingerprint density at radius 2 is 0.583 bits per heavy atom. The van der Waals surface area contributed by atoms with Crippen LogP contribution < -0.4 is 38.5 Å². The molecule has 0 atom stereocenters. The molecule has 5 heterocycles. The lowest BCUT2D eigenvalue weighted by atomic mass is 10.00. The molecule has 0 fully saturated rings. The largest absolute Gasteiger partial charge is 0.461 e. The molecule has 9 aromatic rings. The first-order valence-corrected chi connectivity index (χ1v) is 23.5. The molecular formula is C62H40N6O4. The molecule has 0 aliphatic carbocycles. The van der Waals surface area contributed by atoms with Crippen molar-refractivity contribution in [3.8, 4) is 29.1 Å². The Morgan fingerprint density at radius 1 is 0.306 bits per heavy atom. The van der Waals surface area contributed by atoms with Crippen LogP contribution in [0.3, 0.4) is 0 Å². The maximum Gasteiger partial charge on any atom is 0.166 e. The van der Waals surface area contributed by atoms with Crippen molar-refractivity contribution in [2.45, 2.75) is 0 Å². The fourth-order valence-electron chi connectivity index (χ4n) is 9.72. The predicted octanol–water partition coefficient (Wildman–Crippen LogP) is 15.1. The van der Waals surface area contributed by atoms with Crippen molar-refractivity contribution in [1.82, 2.24) is 4.98 Å². The van der Waals surface area contributed by atoms with Gasteiger partial charge in [0.1, 0.15) is 42.4 Å². The van der Waals surface area contributed by atoms with E-state index in [2.05, 4.69) is 45.0 Å². The molecule has 72 heavy (non-hydrogen) atoms. The van der Waals surface area contributed by atoms with E-state index < -0.39 is 0 Å². The van der Waals surface area contributed by atoms with Gasteiger partial charge in [-0.3, -0.25) is 19.6 Å². The summed E-state index contributed by atoms with van der Waals surface area (Å²) in [5, 5.41) is 12.4. The molecule has 0 saturated carbocycles. The average Bonchev–Trinajstić information content (AvgIpc) is 3.46. The van der Waals surface area contributed by atoms with Crippen molar-refractivity contribution in [3.63, 3.8) is 0 Å². The minimum atomic E-state index is 0.258. The van der Waals surface area contributed by atoms with E-state index in [4.69, 9.17) is 23.9 Å². The van der Waals surface area contributed by atoms with Crippen molar-refractivity contribution in [2.24, 2.45) is 0 Å². The Balaban J connectivity index is 1.25. The Hall–Kier alpha value is -10.2. The standard InChI is InChI=1S/C62H40N6O4/c63-37-46-59(65-47-29-13-17-33-55(47)69-38-51(65)42-21-5-1-6-22-42)60(66-48-30-14-18-34-56(48)70-39-52(66)43-23-7-2-8-24-43)62(68-50-32-16-20-36-58(50)72-41-54(68)45-27-11-4-12-28-45)64-61(46)67-49-31-15-19-35-57(49)71-40-53(67)44-25-9-3-10-26-44/h1-36,38-41H. The van der Waals surface area contributed by atoms with Crippen LogP contribution >= 0.6 is 0 Å². The molecule has 13 rings (SSSR count). The lowest BCUT2D eigenvalue weighted by Gasteiger charge is -2.42. The van der Waals surface area contributed by atoms with Gasteiger partial charge in [0, 0.05) is 22.3 Å². The molecule has 342 valence electrons. The quantitative estimate of drug-likeness (QED) is 0.147. The van der Waals surface area contributed by atoms with Crippen molar-refractivity contribution in [1.29, 1.82) is 5.26 Å². The van der Waals surface area contributed by atoms with Gasteiger partial charge in [0.05, 0.1) is 51.2 Å². The Labute approximate surface area is 415 Å². The van der Waals surface area contributed by atoms with Crippen molar-refractivity contribution in [3.05, 3.63) is 271 Å². The first-order chi connectivity index (χ1) is 35.7. The Morgan fingerprint density at radius 3 is 0.931 bits per heavy atom. The van der Waals surface area contributed by atoms with Gasteiger partial charge in [-0.2, -0.15) is 5.26 Å². The highest BCUT2D eigenvalue weighted by molar-refractivity contribution is 6.11. The van der Waals surface area contributed by atoms with Gasteiger partial charge in [-0.1, -0.05) is 170 Å². The van der Waals surface area contributed by atoms with Crippen LogP contribution in [0.5, 0.6) is 23.0 Å². The summed E-state index contributed by atoms with van der Waals surface area (Å²) in [4.78, 5) is 14.5. The molecular weight excluding hydrogens is 893 g/mol. The zero-order valence-corrected chi connectivity index (χ0v) is 38.4. The van der Waals surface area contributed by atoms with Crippen molar-refractivity contribution < 1.29 is 18.9 Å². The van der Waals surface area contributed by atoms with Gasteiger partial charge < -0.3 is 18.9 Å². The summed E-state index contributed by atoms with van der Waals surface area (Å²) in [7, 11) is 0. The third-order valence-electron chi connectivity index (χ3n) is 12.9. The monoisotopic (exact) mass is 932 g/mol. The summed E-state index contributed by atoms with van der Waals surface area (Å²) in [6.07, 6.45) is 7.06. The Bertz CT molecular complexity index is 3740. The molecule has 0 amide bonds. The maximum atomic E-state index is 12.4. The van der Waals surface area contributed by atoms with Crippen LogP contribution in [-0.4, -0.2) is 4.98 Å². The van der Waals surface area contributed by atoms with Crippen LogP contribution in [0.1, 0.15) is 27.8 Å². The van der Waals surface area contributed by atoms with E-state index in [1.54, 1.807) is 25.0 Å². The molecule has 0 unspecified atom stereocenters. The highest BCUT2D eigenvalue weighted by Crippen LogP contribution is 2.60. The molecule has 1 aromatic heterocycles. The molecule has 8 aromatic carbocycles. The van der Waals surface area contributed by atoms with Crippen LogP contribution in [0.2, 0.25) is 0 Å². The SMILES string of the molecule is N#Cc1c(N2C(c3ccccc3)=COc3ccccc32)nc(N2C(c3ccccc3)=COc3ccccc32)c(N2C(c3ccccc3)=COc3ccccc32)c1N1C(c2ccccc2)=COc2ccccc21. The predicted molar refractivity (Wildman–Crippen MR) is 283 cm³/mol. The molecule has 0 saturated heterocycles. The van der Waals surface area contributed by atoms with Crippen molar-refractivity contribution in [2.75, 3.05) is 19.6 Å². The number of anilines is 8. The molecule has 0 radical (unpaired) electrons. The summed E-state index contributed by atoms with van der Waals surface area (Å²) in [5.74, 6) is 3.22. The van der Waals surface area contributed by atoms with E-state index in [0.717, 1.165) is 33.6 Å². The maximum absolute atomic E-state index is 12.4. The van der Waals surface area contributed by atoms with E-state index in [-0.39, 0.29) is 5.56 Å². The van der Waals surface area contributed by atoms with E-state index >= 15 is 0 Å². The smallest absolute Gasteiger partial charge is 0.166 e. The Kier molecular flexibility index (Phi) is 10.3. The lowest BCUT2D eigenvalue weighted by Crippen LogP contribution is -2.32. The fourth-order valence-corrected chi connectivity index (χ4v) is 9.72. The third kappa shape index (κ3) is 6.99. The van der Waals surface area contributed by atoms with Gasteiger partial charge >= 0.3 is 0 Å². The summed E-state index contributed by atoms with van der Waals surface area (Å²) in [5.41, 5.74) is 10.4. The number of benzene rings is 8. The van der Waals surface area contributed by atoms with E-state index in [9.17, 15) is 5.26 Å². The van der Waals surface area contributed by atoms with Gasteiger partial charge in [0.25, 0.3) is 0 Å². The number of hydrogen-bond donors (Lipinski definition) is 0. The van der Waals surface area contributed by atoms with Crippen LogP contribution in [0.4, 0.5) is 45.8 Å². The van der Waals surface area contributed by atoms with Crippen LogP contribution in [0, 0.1) is 11.3 Å². The number of fused-ring (bicyclic) bond motifs is 4. The molecule has 0 N–H and O–H groups in total. The van der Waals surface area contributed by atoms with Gasteiger partial charge in [-0.05, 0) is 48.5 Å². The molecule has 4 aliphatic heterocycles. The molecule has 0 bridgehead atoms. The lowest BCUT2D eigenvalue weighted by molar-refractivity contribution is 0.475. The minimum Gasteiger partial charge on any atom is -0.461 e. The average molecular weight is 933 g/mol. The summed E-state index contributed by atoms with van der Waals surface area (Å²) in [6.45, 7) is 0. The highest BCUT2D eigenvalue weighted by Gasteiger charge is 2.42. The molecule has 10 heteroatoms. The van der Waals surface area contributed by atoms with Crippen LogP contribution in [0.15, 0.2) is 243 Å². The first kappa shape index (κ1) is 41.9. The van der Waals surface area contributed by atoms with E-state index in [1.165, 1.54) is 0 Å². The van der Waals surface area contributed by atoms with Crippen molar-refractivity contribution >= 4 is 68.5 Å². The van der Waals surface area contributed by atoms with Crippen LogP contribution in [-0.2, 0) is 0 Å². The summed E-state index contributed by atoms with van der Waals surface area (Å²) < 4.78 is 26.2. The number of nitrogens with zero attached hydrogens (tertiary/aromatic N) is 6. The highest BCUT2D eigenvalue weighted by atomic mass is 16.5. The molecule has 4 aliphatic rings. The third-order valence-corrected chi connectivity index (χ3v) is 12.9. The zero-order chi connectivity index (χ0) is 48.0. The number of pyridine rings is 1. The fraction of sp³-hybridized carbons (Fsp3) is 0. The number of rotatable bonds is 8. The van der Waals surface area contributed by atoms with E-state index in [1.807, 2.05) is 199 Å². The van der Waals surface area contributed by atoms with Crippen LogP contribution in [0.25, 0.3) is 22.8 Å². The zero-order valence-electron chi connectivity index (χ0n) is 38.4. The second-order valence-corrected chi connectivity index (χ2v) is 17.1. The summed E-state index contributed by atoms with van der Waals surface area (Å²) in [6, 6.07) is 74.8. The normalized spacial score (nSPS) is 14.2. The minimum absolute atomic E-state index is 0.258. The number of nitriles is 1. The molecule has 0 spiro atoms. The van der Waals surface area contributed by atoms with E-state index in [0.29, 0.717) is 80.2 Å². The number of hydrogen-bond acceptors (Lipinski definition) is 10. The second kappa shape index (κ2) is 17.7. The number of aromatic nitrogens is 1. The molecule has 10 nitrogen and oxygen atoms in total. The van der Waals surface area contributed by atoms with Gasteiger partial charge in [0.15, 0.2) is 34.6 Å². The second-order valence-electron chi connectivity index (χ2n) is 17.1. The van der Waals surface area contributed by atoms with Gasteiger partial charge in [-0.25, -0.2) is 4.98 Å². The number of ether oxygens (including phenoxy) is 4.